The van der Waals surface area contributed by atoms with Crippen LogP contribution < -0.4 is 0 Å². The Balaban J connectivity index is -0.000000187. The summed E-state index contributed by atoms with van der Waals surface area (Å²) in [6, 6.07) is 0. The Bertz CT molecular complexity index is 208. The van der Waals surface area contributed by atoms with Crippen molar-refractivity contribution in [1.82, 2.24) is 0 Å². The van der Waals surface area contributed by atoms with Crippen molar-refractivity contribution in [3.05, 3.63) is 0 Å². The molecule has 0 heterocycles. The fourth-order valence-corrected chi connectivity index (χ4v) is 0. The van der Waals surface area contributed by atoms with Crippen LogP contribution in [-0.2, 0) is 14.4 Å². The lowest BCUT2D eigenvalue weighted by Gasteiger charge is -1.90. The lowest BCUT2D eigenvalue weighted by molar-refractivity contribution is -0.120. The van der Waals surface area contributed by atoms with Crippen molar-refractivity contribution in [2.45, 2.75) is 62.3 Å². The molecule has 0 aromatic rings. The summed E-state index contributed by atoms with van der Waals surface area (Å²) < 4.78 is 0. The highest BCUT2D eigenvalue weighted by molar-refractivity contribution is 5.77. The van der Waals surface area contributed by atoms with Gasteiger partial charge in [-0.1, -0.05) is 41.5 Å². The van der Waals surface area contributed by atoms with Crippen LogP contribution in [0.3, 0.4) is 0 Å². The van der Waals surface area contributed by atoms with E-state index in [0.717, 1.165) is 0 Å². The van der Waals surface area contributed by atoms with Gasteiger partial charge >= 0.3 is 0 Å². The number of hydrogen-bond donors (Lipinski definition) is 0. The molecule has 0 aliphatic carbocycles. The Labute approximate surface area is 112 Å². The van der Waals surface area contributed by atoms with Crippen molar-refractivity contribution in [2.75, 3.05) is 0 Å². The van der Waals surface area contributed by atoms with E-state index in [1.54, 1.807) is 20.8 Å². The van der Waals surface area contributed by atoms with E-state index in [0.29, 0.717) is 0 Å². The number of carbonyl (C=O) groups excluding carboxylic acids is 3. The normalized spacial score (nSPS) is 9.33. The van der Waals surface area contributed by atoms with Crippen LogP contribution in [0.5, 0.6) is 0 Å². The van der Waals surface area contributed by atoms with E-state index in [1.807, 2.05) is 41.5 Å². The van der Waals surface area contributed by atoms with Crippen LogP contribution >= 0.6 is 0 Å². The minimum Gasteiger partial charge on any atom is -0.300 e. The summed E-state index contributed by atoms with van der Waals surface area (Å²) in [5.74, 6) is 1.42. The Kier molecular flexibility index (Phi) is 15.4. The van der Waals surface area contributed by atoms with Crippen molar-refractivity contribution in [3.63, 3.8) is 0 Å². The zero-order valence-corrected chi connectivity index (χ0v) is 13.5. The molecule has 0 aromatic carbocycles. The second-order valence-corrected chi connectivity index (χ2v) is 5.30. The molecule has 0 bridgehead atoms. The van der Waals surface area contributed by atoms with Crippen molar-refractivity contribution in [1.29, 1.82) is 0 Å². The summed E-state index contributed by atoms with van der Waals surface area (Å²) >= 11 is 0. The van der Waals surface area contributed by atoms with Crippen molar-refractivity contribution in [2.24, 2.45) is 17.8 Å². The lowest BCUT2D eigenvalue weighted by Crippen LogP contribution is -1.98. The van der Waals surface area contributed by atoms with E-state index in [9.17, 15) is 14.4 Å². The molecule has 0 aliphatic rings. The highest BCUT2D eigenvalue weighted by Crippen LogP contribution is 1.90. The second-order valence-electron chi connectivity index (χ2n) is 5.30. The van der Waals surface area contributed by atoms with Crippen LogP contribution in [0.15, 0.2) is 0 Å². The van der Waals surface area contributed by atoms with E-state index in [1.165, 1.54) is 0 Å². The summed E-state index contributed by atoms with van der Waals surface area (Å²) in [4.78, 5) is 30.4. The summed E-state index contributed by atoms with van der Waals surface area (Å²) in [7, 11) is 0. The molecule has 0 aromatic heterocycles. The van der Waals surface area contributed by atoms with Crippen LogP contribution in [0.25, 0.3) is 0 Å². The third-order valence-corrected chi connectivity index (χ3v) is 2.44. The van der Waals surface area contributed by atoms with E-state index >= 15 is 0 Å². The third kappa shape index (κ3) is 24.3. The third-order valence-electron chi connectivity index (χ3n) is 2.44. The monoisotopic (exact) mass is 258 g/mol. The summed E-state index contributed by atoms with van der Waals surface area (Å²) in [6.45, 7) is 16.2. The van der Waals surface area contributed by atoms with Crippen molar-refractivity contribution >= 4 is 17.3 Å². The summed E-state index contributed by atoms with van der Waals surface area (Å²) in [6.07, 6.45) is 0. The molecule has 18 heavy (non-hydrogen) atoms. The largest absolute Gasteiger partial charge is 0.300 e. The highest BCUT2D eigenvalue weighted by Gasteiger charge is 1.96. The molecule has 108 valence electrons. The quantitative estimate of drug-likeness (QED) is 0.775. The van der Waals surface area contributed by atoms with Gasteiger partial charge in [0.15, 0.2) is 0 Å². The van der Waals surface area contributed by atoms with Gasteiger partial charge < -0.3 is 0 Å². The topological polar surface area (TPSA) is 51.2 Å². The minimum absolute atomic E-state index is 0.213. The molecule has 0 radical (unpaired) electrons. The molecule has 0 unspecified atom stereocenters. The standard InChI is InChI=1S/3C5H10O/c3*1-4(2)5(3)6/h3*4H,1-3H3. The van der Waals surface area contributed by atoms with Crippen LogP contribution in [0.2, 0.25) is 0 Å². The highest BCUT2D eigenvalue weighted by atomic mass is 16.1. The first kappa shape index (κ1) is 22.2. The first-order valence-electron chi connectivity index (χ1n) is 6.44. The summed E-state index contributed by atoms with van der Waals surface area (Å²) in [5, 5.41) is 0. The molecule has 3 heteroatoms. The maximum atomic E-state index is 10.1. The van der Waals surface area contributed by atoms with Crippen molar-refractivity contribution in [3.8, 4) is 0 Å². The van der Waals surface area contributed by atoms with Gasteiger partial charge in [0.2, 0.25) is 0 Å². The molecule has 0 fully saturated rings. The lowest BCUT2D eigenvalue weighted by atomic mass is 10.1. The van der Waals surface area contributed by atoms with Crippen LogP contribution in [-0.4, -0.2) is 17.3 Å². The second kappa shape index (κ2) is 12.5. The SMILES string of the molecule is CC(=O)C(C)C.CC(=O)C(C)C.CC(=O)C(C)C. The van der Waals surface area contributed by atoms with Crippen LogP contribution in [0.1, 0.15) is 62.3 Å². The maximum absolute atomic E-state index is 10.1. The number of hydrogen-bond acceptors (Lipinski definition) is 3. The number of Topliss-reactive ketones (excluding diaryl/α,β-unsaturated/α-hetero) is 3. The molecule has 3 nitrogen and oxygen atoms in total. The number of ketones is 3. The fourth-order valence-electron chi connectivity index (χ4n) is 0. The van der Waals surface area contributed by atoms with E-state index in [4.69, 9.17) is 0 Å². The predicted molar refractivity (Wildman–Crippen MR) is 76.6 cm³/mol. The minimum atomic E-state index is 0.213. The van der Waals surface area contributed by atoms with Gasteiger partial charge in [0.25, 0.3) is 0 Å². The van der Waals surface area contributed by atoms with Crippen LogP contribution in [0, 0.1) is 17.8 Å². The molecule has 0 rings (SSSR count). The average molecular weight is 258 g/mol. The Morgan fingerprint density at radius 1 is 0.500 bits per heavy atom. The molecule has 0 amide bonds. The Morgan fingerprint density at radius 3 is 0.556 bits per heavy atom. The van der Waals surface area contributed by atoms with Crippen molar-refractivity contribution < 1.29 is 14.4 Å². The van der Waals surface area contributed by atoms with Crippen LogP contribution in [0.4, 0.5) is 0 Å². The van der Waals surface area contributed by atoms with Gasteiger partial charge in [0.1, 0.15) is 17.3 Å². The van der Waals surface area contributed by atoms with E-state index in [2.05, 4.69) is 0 Å². The summed E-state index contributed by atoms with van der Waals surface area (Å²) in [5.41, 5.74) is 0. The molecular formula is C15H30O3. The van der Waals surface area contributed by atoms with E-state index < -0.39 is 0 Å². The smallest absolute Gasteiger partial charge is 0.132 e. The molecule has 0 N–H and O–H groups in total. The fraction of sp³-hybridized carbons (Fsp3) is 0.800. The van der Waals surface area contributed by atoms with Gasteiger partial charge in [-0.25, -0.2) is 0 Å². The first-order valence-corrected chi connectivity index (χ1v) is 6.44. The average Bonchev–Trinajstić information content (AvgIpc) is 2.18. The zero-order valence-electron chi connectivity index (χ0n) is 13.5. The first-order chi connectivity index (χ1) is 7.93. The predicted octanol–water partition coefficient (Wildman–Crippen LogP) is 3.69. The van der Waals surface area contributed by atoms with Gasteiger partial charge in [0.05, 0.1) is 0 Å². The maximum Gasteiger partial charge on any atom is 0.132 e. The number of rotatable bonds is 3. The molecule has 0 atom stereocenters. The number of carbonyl (C=O) groups is 3. The van der Waals surface area contributed by atoms with Gasteiger partial charge in [-0.15, -0.1) is 0 Å². The molecular weight excluding hydrogens is 228 g/mol. The van der Waals surface area contributed by atoms with E-state index in [-0.39, 0.29) is 35.1 Å². The molecule has 0 spiro atoms. The molecule has 0 saturated carbocycles. The van der Waals surface area contributed by atoms with Gasteiger partial charge in [0, 0.05) is 17.8 Å². The van der Waals surface area contributed by atoms with Gasteiger partial charge in [-0.2, -0.15) is 0 Å². The Hall–Kier alpha value is -0.990. The zero-order chi connectivity index (χ0) is 15.5. The molecule has 0 saturated heterocycles. The molecule has 0 aliphatic heterocycles. The van der Waals surface area contributed by atoms with Gasteiger partial charge in [-0.3, -0.25) is 14.4 Å². The Morgan fingerprint density at radius 2 is 0.556 bits per heavy atom. The van der Waals surface area contributed by atoms with Gasteiger partial charge in [-0.05, 0) is 20.8 Å².